The third-order valence-electron chi connectivity index (χ3n) is 5.43. The van der Waals surface area contributed by atoms with Crippen LogP contribution in [0.2, 0.25) is 0 Å². The largest absolute Gasteiger partial charge is 0.444 e. The van der Waals surface area contributed by atoms with Crippen LogP contribution in [0.3, 0.4) is 0 Å². The third-order valence-corrected chi connectivity index (χ3v) is 5.43. The molecule has 0 aliphatic heterocycles. The maximum absolute atomic E-state index is 12.0. The van der Waals surface area contributed by atoms with Gasteiger partial charge in [0.2, 0.25) is 11.8 Å². The van der Waals surface area contributed by atoms with Gasteiger partial charge in [-0.1, -0.05) is 6.07 Å². The molecule has 2 heterocycles. The first kappa shape index (κ1) is 24.9. The van der Waals surface area contributed by atoms with Gasteiger partial charge in [-0.2, -0.15) is 4.98 Å². The second-order valence-corrected chi connectivity index (χ2v) is 9.31. The smallest absolute Gasteiger partial charge is 0.407 e. The van der Waals surface area contributed by atoms with Crippen LogP contribution in [0, 0.1) is 16.0 Å². The molecule has 4 N–H and O–H groups in total. The number of anilines is 2. The molecule has 0 unspecified atom stereocenters. The Kier molecular flexibility index (Phi) is 8.03. The number of aromatic amines is 1. The van der Waals surface area contributed by atoms with Crippen LogP contribution in [0.4, 0.5) is 22.2 Å². The zero-order chi connectivity index (χ0) is 24.7. The number of nitrogens with zero attached hydrogens (tertiary/aromatic N) is 3. The number of H-pyrrole nitrogens is 1. The Labute approximate surface area is 197 Å². The maximum atomic E-state index is 12.0. The third kappa shape index (κ3) is 7.42. The van der Waals surface area contributed by atoms with Crippen molar-refractivity contribution in [2.24, 2.45) is 5.92 Å². The van der Waals surface area contributed by atoms with Crippen molar-refractivity contribution in [1.29, 1.82) is 0 Å². The second-order valence-electron chi connectivity index (χ2n) is 9.31. The molecule has 1 fully saturated rings. The van der Waals surface area contributed by atoms with E-state index in [9.17, 15) is 19.7 Å². The van der Waals surface area contributed by atoms with Gasteiger partial charge in [-0.05, 0) is 58.4 Å². The molecule has 34 heavy (non-hydrogen) atoms. The van der Waals surface area contributed by atoms with Crippen LogP contribution in [0.25, 0.3) is 0 Å². The van der Waals surface area contributed by atoms with E-state index in [0.717, 1.165) is 31.9 Å². The van der Waals surface area contributed by atoms with E-state index < -0.39 is 16.6 Å². The molecular formula is C22H31N7O5. The minimum Gasteiger partial charge on any atom is -0.444 e. The monoisotopic (exact) mass is 473 g/mol. The van der Waals surface area contributed by atoms with E-state index in [1.807, 2.05) is 20.8 Å². The Morgan fingerprint density at radius 2 is 2.00 bits per heavy atom. The zero-order valence-corrected chi connectivity index (χ0v) is 19.6. The van der Waals surface area contributed by atoms with Gasteiger partial charge in [0, 0.05) is 30.9 Å². The average molecular weight is 474 g/mol. The standard InChI is InChI=1S/C22H31N7O5/c1-22(2,3)34-21(31)27-16-8-6-14(7-9-16)11-24-18-17(29(32)33)13-26-20(28-18)25-12-15-5-4-10-23-19(15)30/h4-5,10,13-14,16H,6-9,11-12H2,1-3H3,(H,23,30)(H,27,31)(H2,24,25,26,28). The molecule has 0 aromatic carbocycles. The number of nitro groups is 1. The van der Waals surface area contributed by atoms with E-state index in [0.29, 0.717) is 12.1 Å². The quantitative estimate of drug-likeness (QED) is 0.333. The van der Waals surface area contributed by atoms with E-state index in [1.165, 1.54) is 6.20 Å². The number of ether oxygens (including phenoxy) is 1. The molecule has 1 aliphatic rings. The van der Waals surface area contributed by atoms with E-state index in [1.54, 1.807) is 12.1 Å². The maximum Gasteiger partial charge on any atom is 0.407 e. The summed E-state index contributed by atoms with van der Waals surface area (Å²) in [5.41, 5.74) is -0.492. The van der Waals surface area contributed by atoms with Crippen molar-refractivity contribution >= 4 is 23.5 Å². The predicted molar refractivity (Wildman–Crippen MR) is 127 cm³/mol. The Balaban J connectivity index is 1.54. The van der Waals surface area contributed by atoms with Crippen molar-refractivity contribution in [3.8, 4) is 0 Å². The predicted octanol–water partition coefficient (Wildman–Crippen LogP) is 3.18. The lowest BCUT2D eigenvalue weighted by Crippen LogP contribution is -2.41. The number of aromatic nitrogens is 3. The van der Waals surface area contributed by atoms with Gasteiger partial charge in [0.15, 0.2) is 0 Å². The van der Waals surface area contributed by atoms with Gasteiger partial charge in [0.05, 0.1) is 4.92 Å². The molecule has 12 heteroatoms. The number of nitrogens with one attached hydrogen (secondary N) is 4. The van der Waals surface area contributed by atoms with Crippen molar-refractivity contribution < 1.29 is 14.5 Å². The average Bonchev–Trinajstić information content (AvgIpc) is 2.76. The number of amides is 1. The van der Waals surface area contributed by atoms with Crippen molar-refractivity contribution in [2.45, 2.75) is 64.6 Å². The minimum atomic E-state index is -0.540. The molecule has 0 saturated heterocycles. The summed E-state index contributed by atoms with van der Waals surface area (Å²) in [5, 5.41) is 20.3. The number of pyridine rings is 1. The van der Waals surface area contributed by atoms with Gasteiger partial charge in [-0.15, -0.1) is 0 Å². The molecule has 1 amide bonds. The summed E-state index contributed by atoms with van der Waals surface area (Å²) < 4.78 is 5.31. The summed E-state index contributed by atoms with van der Waals surface area (Å²) in [4.78, 5) is 45.5. The highest BCUT2D eigenvalue weighted by Gasteiger charge is 2.26. The summed E-state index contributed by atoms with van der Waals surface area (Å²) in [6.07, 6.45) is 5.59. The first-order valence-electron chi connectivity index (χ1n) is 11.3. The van der Waals surface area contributed by atoms with Gasteiger partial charge < -0.3 is 25.7 Å². The van der Waals surface area contributed by atoms with Crippen molar-refractivity contribution in [2.75, 3.05) is 17.2 Å². The summed E-state index contributed by atoms with van der Waals surface area (Å²) in [6, 6.07) is 3.43. The molecule has 3 rings (SSSR count). The van der Waals surface area contributed by atoms with Crippen LogP contribution >= 0.6 is 0 Å². The first-order valence-corrected chi connectivity index (χ1v) is 11.3. The fraction of sp³-hybridized carbons (Fsp3) is 0.545. The van der Waals surface area contributed by atoms with Crippen LogP contribution in [-0.2, 0) is 11.3 Å². The second kappa shape index (κ2) is 10.9. The number of hydrogen-bond acceptors (Lipinski definition) is 9. The molecule has 184 valence electrons. The van der Waals surface area contributed by atoms with Crippen molar-refractivity contribution in [3.05, 3.63) is 50.6 Å². The molecule has 1 saturated carbocycles. The van der Waals surface area contributed by atoms with Gasteiger partial charge in [-0.3, -0.25) is 14.9 Å². The Bertz CT molecular complexity index is 1060. The first-order chi connectivity index (χ1) is 16.1. The lowest BCUT2D eigenvalue weighted by Gasteiger charge is -2.30. The van der Waals surface area contributed by atoms with E-state index in [4.69, 9.17) is 4.74 Å². The number of carbonyl (C=O) groups excluding carboxylic acids is 1. The molecule has 0 spiro atoms. The Morgan fingerprint density at radius 3 is 2.65 bits per heavy atom. The molecule has 0 bridgehead atoms. The van der Waals surface area contributed by atoms with Crippen LogP contribution in [0.1, 0.15) is 52.0 Å². The Morgan fingerprint density at radius 1 is 1.26 bits per heavy atom. The Hall–Kier alpha value is -3.70. The normalized spacial score (nSPS) is 18.1. The molecule has 2 aromatic heterocycles. The number of hydrogen-bond donors (Lipinski definition) is 4. The summed E-state index contributed by atoms with van der Waals surface area (Å²) in [5.74, 6) is 0.589. The van der Waals surface area contributed by atoms with Gasteiger partial charge in [-0.25, -0.2) is 9.78 Å². The van der Waals surface area contributed by atoms with Gasteiger partial charge in [0.25, 0.3) is 5.56 Å². The summed E-state index contributed by atoms with van der Waals surface area (Å²) in [7, 11) is 0. The summed E-state index contributed by atoms with van der Waals surface area (Å²) >= 11 is 0. The lowest BCUT2D eigenvalue weighted by atomic mass is 9.86. The topological polar surface area (TPSA) is 164 Å². The van der Waals surface area contributed by atoms with Crippen LogP contribution in [0.15, 0.2) is 29.3 Å². The van der Waals surface area contributed by atoms with Crippen LogP contribution < -0.4 is 21.5 Å². The van der Waals surface area contributed by atoms with E-state index in [2.05, 4.69) is 30.9 Å². The fourth-order valence-electron chi connectivity index (χ4n) is 3.72. The zero-order valence-electron chi connectivity index (χ0n) is 19.6. The molecule has 0 atom stereocenters. The highest BCUT2D eigenvalue weighted by molar-refractivity contribution is 5.68. The highest BCUT2D eigenvalue weighted by Crippen LogP contribution is 2.27. The molecule has 12 nitrogen and oxygen atoms in total. The van der Waals surface area contributed by atoms with Crippen molar-refractivity contribution in [1.82, 2.24) is 20.3 Å². The molecule has 0 radical (unpaired) electrons. The van der Waals surface area contributed by atoms with Crippen molar-refractivity contribution in [3.63, 3.8) is 0 Å². The van der Waals surface area contributed by atoms with Crippen LogP contribution in [-0.4, -0.2) is 44.2 Å². The van der Waals surface area contributed by atoms with E-state index in [-0.39, 0.29) is 41.5 Å². The summed E-state index contributed by atoms with van der Waals surface area (Å²) in [6.45, 7) is 6.16. The molecular weight excluding hydrogens is 442 g/mol. The number of carbonyl (C=O) groups is 1. The number of rotatable bonds is 8. The van der Waals surface area contributed by atoms with Crippen LogP contribution in [0.5, 0.6) is 0 Å². The molecule has 2 aromatic rings. The lowest BCUT2D eigenvalue weighted by molar-refractivity contribution is -0.384. The highest BCUT2D eigenvalue weighted by atomic mass is 16.6. The minimum absolute atomic E-state index is 0.0522. The number of alkyl carbamates (subject to hydrolysis) is 1. The van der Waals surface area contributed by atoms with E-state index >= 15 is 0 Å². The fourth-order valence-corrected chi connectivity index (χ4v) is 3.72. The van der Waals surface area contributed by atoms with Gasteiger partial charge >= 0.3 is 11.8 Å². The SMILES string of the molecule is CC(C)(C)OC(=O)NC1CCC(CNc2nc(NCc3ccc[nH]c3=O)ncc2[N+](=O)[O-])CC1. The van der Waals surface area contributed by atoms with Gasteiger partial charge in [0.1, 0.15) is 11.8 Å². The molecule has 1 aliphatic carbocycles.